The number of hydrogen-bond donors (Lipinski definition) is 1. The zero-order valence-electron chi connectivity index (χ0n) is 15.5. The summed E-state index contributed by atoms with van der Waals surface area (Å²) in [5.41, 5.74) is 1.86. The lowest BCUT2D eigenvalue weighted by molar-refractivity contribution is -0.112. The molecule has 7 heteroatoms. The fourth-order valence-corrected chi connectivity index (χ4v) is 2.97. The normalized spacial score (nSPS) is 10.9. The van der Waals surface area contributed by atoms with Crippen LogP contribution in [0.25, 0.3) is 6.08 Å². The van der Waals surface area contributed by atoms with E-state index in [-0.39, 0.29) is 5.57 Å². The molecule has 30 heavy (non-hydrogen) atoms. The van der Waals surface area contributed by atoms with Gasteiger partial charge in [0.2, 0.25) is 0 Å². The van der Waals surface area contributed by atoms with Gasteiger partial charge >= 0.3 is 0 Å². The number of amides is 1. The van der Waals surface area contributed by atoms with Gasteiger partial charge in [0.25, 0.3) is 5.91 Å². The summed E-state index contributed by atoms with van der Waals surface area (Å²) in [6, 6.07) is 20.8. The number of benzene rings is 3. The van der Waals surface area contributed by atoms with Gasteiger partial charge in [-0.2, -0.15) is 5.26 Å². The zero-order chi connectivity index (χ0) is 21.5. The molecule has 0 fully saturated rings. The van der Waals surface area contributed by atoms with Crippen LogP contribution in [-0.4, -0.2) is 5.91 Å². The molecule has 0 aliphatic rings. The molecule has 3 aromatic rings. The van der Waals surface area contributed by atoms with Crippen molar-refractivity contribution in [3.05, 3.63) is 98.5 Å². The number of nitrogens with one attached hydrogen (secondary N) is 1. The molecule has 0 aliphatic carbocycles. The van der Waals surface area contributed by atoms with E-state index in [1.54, 1.807) is 54.6 Å². The summed E-state index contributed by atoms with van der Waals surface area (Å²) in [5.74, 6) is -0.0650. The van der Waals surface area contributed by atoms with Crippen molar-refractivity contribution in [1.82, 2.24) is 0 Å². The third kappa shape index (κ3) is 6.01. The Morgan fingerprint density at radius 2 is 1.53 bits per heavy atom. The first-order valence-corrected chi connectivity index (χ1v) is 9.93. The lowest BCUT2D eigenvalue weighted by atomic mass is 10.1. The van der Waals surface area contributed by atoms with E-state index in [2.05, 4.69) is 5.32 Å². The largest absolute Gasteiger partial charge is 0.488 e. The van der Waals surface area contributed by atoms with E-state index in [0.717, 1.165) is 5.56 Å². The van der Waals surface area contributed by atoms with Crippen molar-refractivity contribution in [3.63, 3.8) is 0 Å². The average molecular weight is 458 g/mol. The summed E-state index contributed by atoms with van der Waals surface area (Å²) in [4.78, 5) is 12.5. The number of carbonyl (C=O) groups excluding carboxylic acids is 1. The van der Waals surface area contributed by atoms with Crippen molar-refractivity contribution >= 4 is 52.5 Å². The van der Waals surface area contributed by atoms with Gasteiger partial charge in [-0.25, -0.2) is 0 Å². The van der Waals surface area contributed by atoms with E-state index in [1.807, 2.05) is 18.2 Å². The van der Waals surface area contributed by atoms with Gasteiger partial charge in [0.1, 0.15) is 24.0 Å². The predicted molar refractivity (Wildman–Crippen MR) is 121 cm³/mol. The van der Waals surface area contributed by atoms with Crippen LogP contribution in [0.5, 0.6) is 5.75 Å². The Balaban J connectivity index is 1.81. The quantitative estimate of drug-likeness (QED) is 0.328. The summed E-state index contributed by atoms with van der Waals surface area (Å²) in [5, 5.41) is 13.8. The van der Waals surface area contributed by atoms with Crippen molar-refractivity contribution < 1.29 is 9.53 Å². The number of nitrogens with zero attached hydrogens (tertiary/aromatic N) is 1. The number of nitriles is 1. The third-order valence-corrected chi connectivity index (χ3v) is 4.79. The van der Waals surface area contributed by atoms with Crippen LogP contribution in [0.15, 0.2) is 72.3 Å². The first-order valence-electron chi connectivity index (χ1n) is 8.80. The molecule has 3 aromatic carbocycles. The molecular weight excluding hydrogens is 443 g/mol. The summed E-state index contributed by atoms with van der Waals surface area (Å²) >= 11 is 17.9. The highest BCUT2D eigenvalue weighted by Gasteiger charge is 2.12. The Morgan fingerprint density at radius 3 is 2.17 bits per heavy atom. The Kier molecular flexibility index (Phi) is 7.37. The summed E-state index contributed by atoms with van der Waals surface area (Å²) in [6.07, 6.45) is 1.44. The SMILES string of the molecule is N#C/C(=C\c1cc(Cl)ccc1OCc1ccc(Cl)cc1)C(=O)Nc1ccc(Cl)cc1. The first-order chi connectivity index (χ1) is 14.4. The molecule has 0 unspecified atom stereocenters. The Bertz CT molecular complexity index is 1120. The topological polar surface area (TPSA) is 62.1 Å². The molecule has 0 atom stereocenters. The molecule has 0 spiro atoms. The van der Waals surface area contributed by atoms with Gasteiger partial charge in [-0.15, -0.1) is 0 Å². The van der Waals surface area contributed by atoms with E-state index in [0.29, 0.717) is 38.7 Å². The molecule has 0 saturated carbocycles. The lowest BCUT2D eigenvalue weighted by Gasteiger charge is -2.11. The van der Waals surface area contributed by atoms with Crippen molar-refractivity contribution in [2.45, 2.75) is 6.61 Å². The Morgan fingerprint density at radius 1 is 0.933 bits per heavy atom. The maximum Gasteiger partial charge on any atom is 0.266 e. The van der Waals surface area contributed by atoms with Crippen LogP contribution in [-0.2, 0) is 11.4 Å². The van der Waals surface area contributed by atoms with E-state index >= 15 is 0 Å². The number of halogens is 3. The second-order valence-electron chi connectivity index (χ2n) is 6.23. The maximum absolute atomic E-state index is 12.5. The predicted octanol–water partition coefficient (Wildman–Crippen LogP) is 6.77. The Hall–Kier alpha value is -2.97. The van der Waals surface area contributed by atoms with Crippen molar-refractivity contribution in [2.75, 3.05) is 5.32 Å². The van der Waals surface area contributed by atoms with Crippen LogP contribution < -0.4 is 10.1 Å². The van der Waals surface area contributed by atoms with E-state index < -0.39 is 5.91 Å². The van der Waals surface area contributed by atoms with Crippen LogP contribution in [0.1, 0.15) is 11.1 Å². The zero-order valence-corrected chi connectivity index (χ0v) is 17.8. The first kappa shape index (κ1) is 21.7. The van der Waals surface area contributed by atoms with Gasteiger partial charge in [0.15, 0.2) is 0 Å². The summed E-state index contributed by atoms with van der Waals surface area (Å²) in [6.45, 7) is 0.290. The number of carbonyl (C=O) groups is 1. The molecule has 150 valence electrons. The number of ether oxygens (including phenoxy) is 1. The number of anilines is 1. The number of hydrogen-bond acceptors (Lipinski definition) is 3. The molecule has 1 N–H and O–H groups in total. The minimum Gasteiger partial charge on any atom is -0.488 e. The standard InChI is InChI=1S/C23H15Cl3N2O2/c24-18-3-1-15(2-4-18)14-30-22-10-7-20(26)12-16(22)11-17(13-27)23(29)28-21-8-5-19(25)6-9-21/h1-12H,14H2,(H,28,29)/b17-11+. The molecule has 0 bridgehead atoms. The molecular formula is C23H15Cl3N2O2. The van der Waals surface area contributed by atoms with E-state index in [1.165, 1.54) is 6.08 Å². The molecule has 0 radical (unpaired) electrons. The van der Waals surface area contributed by atoms with Crippen molar-refractivity contribution in [1.29, 1.82) is 5.26 Å². The second-order valence-corrected chi connectivity index (χ2v) is 7.54. The smallest absolute Gasteiger partial charge is 0.266 e. The maximum atomic E-state index is 12.5. The summed E-state index contributed by atoms with van der Waals surface area (Å²) in [7, 11) is 0. The monoisotopic (exact) mass is 456 g/mol. The molecule has 0 heterocycles. The highest BCUT2D eigenvalue weighted by atomic mass is 35.5. The van der Waals surface area contributed by atoms with Crippen LogP contribution in [0, 0.1) is 11.3 Å². The van der Waals surface area contributed by atoms with Gasteiger partial charge in [0.05, 0.1) is 0 Å². The lowest BCUT2D eigenvalue weighted by Crippen LogP contribution is -2.13. The molecule has 0 aromatic heterocycles. The number of rotatable bonds is 6. The highest BCUT2D eigenvalue weighted by molar-refractivity contribution is 6.31. The van der Waals surface area contributed by atoms with E-state index in [4.69, 9.17) is 39.5 Å². The van der Waals surface area contributed by atoms with Gasteiger partial charge < -0.3 is 10.1 Å². The third-order valence-electron chi connectivity index (χ3n) is 4.05. The molecule has 0 saturated heterocycles. The minimum absolute atomic E-state index is 0.0939. The van der Waals surface area contributed by atoms with Crippen molar-refractivity contribution in [2.24, 2.45) is 0 Å². The van der Waals surface area contributed by atoms with Gasteiger partial charge in [-0.3, -0.25) is 4.79 Å². The van der Waals surface area contributed by atoms with Crippen LogP contribution in [0.3, 0.4) is 0 Å². The van der Waals surface area contributed by atoms with Gasteiger partial charge in [-0.05, 0) is 66.2 Å². The minimum atomic E-state index is -0.552. The van der Waals surface area contributed by atoms with Crippen molar-refractivity contribution in [3.8, 4) is 11.8 Å². The molecule has 1 amide bonds. The molecule has 0 aliphatic heterocycles. The van der Waals surface area contributed by atoms with Gasteiger partial charge in [0, 0.05) is 26.3 Å². The average Bonchev–Trinajstić information content (AvgIpc) is 2.74. The summed E-state index contributed by atoms with van der Waals surface area (Å²) < 4.78 is 5.87. The highest BCUT2D eigenvalue weighted by Crippen LogP contribution is 2.27. The second kappa shape index (κ2) is 10.2. The Labute approximate surface area is 189 Å². The van der Waals surface area contributed by atoms with Crippen LogP contribution in [0.2, 0.25) is 15.1 Å². The molecule has 4 nitrogen and oxygen atoms in total. The van der Waals surface area contributed by atoms with Crippen LogP contribution in [0.4, 0.5) is 5.69 Å². The van der Waals surface area contributed by atoms with E-state index in [9.17, 15) is 10.1 Å². The van der Waals surface area contributed by atoms with Crippen LogP contribution >= 0.6 is 34.8 Å². The van der Waals surface area contributed by atoms with Gasteiger partial charge in [-0.1, -0.05) is 46.9 Å². The fourth-order valence-electron chi connectivity index (χ4n) is 2.54. The molecule has 3 rings (SSSR count). The fraction of sp³-hybridized carbons (Fsp3) is 0.0435.